The fraction of sp³-hybridized carbons (Fsp3) is 0.0526. The molecule has 7 heteroatoms. The molecule has 2 amide bonds. The van der Waals surface area contributed by atoms with E-state index in [9.17, 15) is 9.59 Å². The van der Waals surface area contributed by atoms with E-state index in [-0.39, 0.29) is 5.78 Å². The number of hydrogen-bond donors (Lipinski definition) is 2. The summed E-state index contributed by atoms with van der Waals surface area (Å²) in [5, 5.41) is 5.40. The maximum Gasteiger partial charge on any atom is 0.323 e. The van der Waals surface area contributed by atoms with Crippen molar-refractivity contribution in [2.75, 3.05) is 10.6 Å². The second kappa shape index (κ2) is 7.89. The number of benzene rings is 2. The monoisotopic (exact) mass is 348 g/mol. The number of amides is 2. The largest absolute Gasteiger partial charge is 0.438 e. The number of hydrogen-bond acceptors (Lipinski definition) is 5. The van der Waals surface area contributed by atoms with Crippen LogP contribution in [0.15, 0.2) is 67.1 Å². The molecule has 7 nitrogen and oxygen atoms in total. The number of rotatable bonds is 5. The number of Topliss-reactive ketones (excluding diaryl/α,β-unsaturated/α-hetero) is 1. The van der Waals surface area contributed by atoms with Crippen molar-refractivity contribution in [1.29, 1.82) is 0 Å². The molecule has 0 aliphatic heterocycles. The number of carbonyl (C=O) groups excluding carboxylic acids is 2. The summed E-state index contributed by atoms with van der Waals surface area (Å²) in [6.07, 6.45) is 4.61. The van der Waals surface area contributed by atoms with E-state index in [1.807, 2.05) is 0 Å². The minimum Gasteiger partial charge on any atom is -0.438 e. The van der Waals surface area contributed by atoms with E-state index in [2.05, 4.69) is 20.6 Å². The quantitative estimate of drug-likeness (QED) is 0.677. The Morgan fingerprint density at radius 3 is 2.42 bits per heavy atom. The normalized spacial score (nSPS) is 10.0. The van der Waals surface area contributed by atoms with Crippen molar-refractivity contribution < 1.29 is 14.3 Å². The average Bonchev–Trinajstić information content (AvgIpc) is 2.64. The van der Waals surface area contributed by atoms with E-state index < -0.39 is 6.03 Å². The van der Waals surface area contributed by atoms with E-state index in [1.54, 1.807) is 54.7 Å². The smallest absolute Gasteiger partial charge is 0.323 e. The zero-order valence-corrected chi connectivity index (χ0v) is 14.0. The molecular formula is C19H16N4O3. The van der Waals surface area contributed by atoms with Crippen LogP contribution in [0.25, 0.3) is 0 Å². The van der Waals surface area contributed by atoms with Crippen molar-refractivity contribution in [3.8, 4) is 11.6 Å². The number of carbonyl (C=O) groups is 2. The van der Waals surface area contributed by atoms with Crippen LogP contribution in [-0.4, -0.2) is 21.8 Å². The second-order valence-electron chi connectivity index (χ2n) is 5.39. The maximum absolute atomic E-state index is 12.1. The molecule has 0 fully saturated rings. The van der Waals surface area contributed by atoms with E-state index in [1.165, 1.54) is 19.3 Å². The highest BCUT2D eigenvalue weighted by atomic mass is 16.5. The molecule has 0 atom stereocenters. The molecule has 2 aromatic carbocycles. The lowest BCUT2D eigenvalue weighted by Crippen LogP contribution is -2.19. The van der Waals surface area contributed by atoms with Gasteiger partial charge in [0.05, 0.1) is 6.20 Å². The van der Waals surface area contributed by atoms with Crippen LogP contribution >= 0.6 is 0 Å². The summed E-state index contributed by atoms with van der Waals surface area (Å²) >= 11 is 0. The highest BCUT2D eigenvalue weighted by Crippen LogP contribution is 2.21. The Kier molecular flexibility index (Phi) is 5.19. The highest BCUT2D eigenvalue weighted by Gasteiger charge is 2.06. The molecule has 0 saturated heterocycles. The Labute approximate surface area is 150 Å². The lowest BCUT2D eigenvalue weighted by Gasteiger charge is -2.09. The van der Waals surface area contributed by atoms with Crippen LogP contribution in [0.3, 0.4) is 0 Å². The van der Waals surface area contributed by atoms with Crippen LogP contribution in [0.4, 0.5) is 16.2 Å². The van der Waals surface area contributed by atoms with Gasteiger partial charge in [-0.1, -0.05) is 12.1 Å². The van der Waals surface area contributed by atoms with Gasteiger partial charge in [-0.25, -0.2) is 9.78 Å². The Balaban J connectivity index is 1.59. The van der Waals surface area contributed by atoms with Gasteiger partial charge >= 0.3 is 6.03 Å². The summed E-state index contributed by atoms with van der Waals surface area (Å²) in [7, 11) is 0. The number of ketones is 1. The molecule has 0 unspecified atom stereocenters. The van der Waals surface area contributed by atoms with Crippen LogP contribution in [-0.2, 0) is 0 Å². The Bertz CT molecular complexity index is 912. The molecule has 0 aliphatic rings. The topological polar surface area (TPSA) is 93.2 Å². The van der Waals surface area contributed by atoms with Crippen molar-refractivity contribution in [3.63, 3.8) is 0 Å². The zero-order chi connectivity index (χ0) is 18.4. The van der Waals surface area contributed by atoms with Gasteiger partial charge in [-0.15, -0.1) is 0 Å². The van der Waals surface area contributed by atoms with Gasteiger partial charge in [-0.2, -0.15) is 0 Å². The van der Waals surface area contributed by atoms with Gasteiger partial charge in [0, 0.05) is 29.3 Å². The lowest BCUT2D eigenvalue weighted by molar-refractivity contribution is 0.101. The third kappa shape index (κ3) is 4.64. The third-order valence-electron chi connectivity index (χ3n) is 3.40. The first kappa shape index (κ1) is 17.1. The van der Waals surface area contributed by atoms with E-state index in [4.69, 9.17) is 4.74 Å². The second-order valence-corrected chi connectivity index (χ2v) is 5.39. The molecule has 3 rings (SSSR count). The van der Waals surface area contributed by atoms with Gasteiger partial charge in [-0.05, 0) is 43.3 Å². The molecule has 0 bridgehead atoms. The van der Waals surface area contributed by atoms with Crippen molar-refractivity contribution in [1.82, 2.24) is 9.97 Å². The molecule has 130 valence electrons. The van der Waals surface area contributed by atoms with Gasteiger partial charge in [0.25, 0.3) is 0 Å². The summed E-state index contributed by atoms with van der Waals surface area (Å²) in [5.74, 6) is 0.898. The molecule has 2 N–H and O–H groups in total. The summed E-state index contributed by atoms with van der Waals surface area (Å²) in [4.78, 5) is 31.4. The maximum atomic E-state index is 12.1. The predicted molar refractivity (Wildman–Crippen MR) is 97.6 cm³/mol. The Morgan fingerprint density at radius 2 is 1.73 bits per heavy atom. The molecular weight excluding hydrogens is 332 g/mol. The fourth-order valence-electron chi connectivity index (χ4n) is 2.17. The first-order chi connectivity index (χ1) is 12.6. The first-order valence-electron chi connectivity index (χ1n) is 7.83. The van der Waals surface area contributed by atoms with Crippen molar-refractivity contribution in [2.24, 2.45) is 0 Å². The number of aromatic nitrogens is 2. The average molecular weight is 348 g/mol. The van der Waals surface area contributed by atoms with Crippen LogP contribution < -0.4 is 15.4 Å². The Morgan fingerprint density at radius 1 is 0.962 bits per heavy atom. The van der Waals surface area contributed by atoms with Crippen LogP contribution in [0.2, 0.25) is 0 Å². The Hall–Kier alpha value is -3.74. The fourth-order valence-corrected chi connectivity index (χ4v) is 2.17. The zero-order valence-electron chi connectivity index (χ0n) is 14.0. The van der Waals surface area contributed by atoms with Gasteiger partial charge in [0.15, 0.2) is 5.78 Å². The minimum atomic E-state index is -0.409. The van der Waals surface area contributed by atoms with Gasteiger partial charge < -0.3 is 15.4 Å². The van der Waals surface area contributed by atoms with Gasteiger partial charge in [0.2, 0.25) is 5.88 Å². The molecule has 0 saturated carbocycles. The van der Waals surface area contributed by atoms with Crippen LogP contribution in [0.1, 0.15) is 17.3 Å². The summed E-state index contributed by atoms with van der Waals surface area (Å²) in [6, 6.07) is 13.2. The summed E-state index contributed by atoms with van der Waals surface area (Å²) in [6.45, 7) is 1.48. The third-order valence-corrected chi connectivity index (χ3v) is 3.40. The number of urea groups is 1. The van der Waals surface area contributed by atoms with Crippen LogP contribution in [0, 0.1) is 0 Å². The van der Waals surface area contributed by atoms with E-state index in [0.717, 1.165) is 0 Å². The molecule has 1 heterocycles. The summed E-state index contributed by atoms with van der Waals surface area (Å²) < 4.78 is 5.54. The minimum absolute atomic E-state index is 0.0623. The molecule has 0 radical (unpaired) electrons. The number of nitrogens with zero attached hydrogens (tertiary/aromatic N) is 2. The van der Waals surface area contributed by atoms with E-state index in [0.29, 0.717) is 28.6 Å². The van der Waals surface area contributed by atoms with Crippen molar-refractivity contribution in [2.45, 2.75) is 6.92 Å². The number of anilines is 2. The first-order valence-corrected chi connectivity index (χ1v) is 7.83. The molecule has 0 spiro atoms. The van der Waals surface area contributed by atoms with Gasteiger partial charge in [0.1, 0.15) is 5.75 Å². The lowest BCUT2D eigenvalue weighted by atomic mass is 10.1. The summed E-state index contributed by atoms with van der Waals surface area (Å²) in [5.41, 5.74) is 1.67. The molecule has 0 aliphatic carbocycles. The number of ether oxygens (including phenoxy) is 1. The van der Waals surface area contributed by atoms with E-state index >= 15 is 0 Å². The predicted octanol–water partition coefficient (Wildman–Crippen LogP) is 4.12. The molecule has 3 aromatic rings. The standard InChI is InChI=1S/C19H16N4O3/c1-13(24)14-3-2-4-16(11-14)23-19(25)22-15-5-7-17(8-6-15)26-18-12-20-9-10-21-18/h2-12H,1H3,(H2,22,23,25). The molecule has 1 aromatic heterocycles. The highest BCUT2D eigenvalue weighted by molar-refractivity contribution is 6.01. The molecule has 26 heavy (non-hydrogen) atoms. The van der Waals surface area contributed by atoms with Crippen molar-refractivity contribution in [3.05, 3.63) is 72.7 Å². The van der Waals surface area contributed by atoms with Gasteiger partial charge in [-0.3, -0.25) is 9.78 Å². The van der Waals surface area contributed by atoms with Crippen molar-refractivity contribution >= 4 is 23.2 Å². The van der Waals surface area contributed by atoms with Crippen LogP contribution in [0.5, 0.6) is 11.6 Å². The number of nitrogens with one attached hydrogen (secondary N) is 2. The SMILES string of the molecule is CC(=O)c1cccc(NC(=O)Nc2ccc(Oc3cnccn3)cc2)c1.